The van der Waals surface area contributed by atoms with Crippen molar-refractivity contribution in [2.75, 3.05) is 19.6 Å². The fourth-order valence-corrected chi connectivity index (χ4v) is 5.59. The standard InChI is InChI=1S/C21H28N4O4/c26-18-6-4-14(23-24-18)5-7-19(27)25-11-16-15(10-22-20(28)13-2-1-3-13)17-8-9-21(16,12-25)29-17/h4,6,13,15-17H,1-3,5,7-12H2,(H,22,28)(H,24,26)/t15-,16+,17+,21+/m0/s1. The van der Waals surface area contributed by atoms with E-state index >= 15 is 0 Å². The van der Waals surface area contributed by atoms with Crippen molar-refractivity contribution >= 4 is 11.8 Å². The first-order chi connectivity index (χ1) is 14.0. The van der Waals surface area contributed by atoms with Crippen molar-refractivity contribution in [1.82, 2.24) is 20.4 Å². The van der Waals surface area contributed by atoms with Gasteiger partial charge in [-0.15, -0.1) is 0 Å². The van der Waals surface area contributed by atoms with Gasteiger partial charge in [0.2, 0.25) is 11.8 Å². The van der Waals surface area contributed by atoms with E-state index in [0.717, 1.165) is 32.1 Å². The molecular weight excluding hydrogens is 372 g/mol. The summed E-state index contributed by atoms with van der Waals surface area (Å²) in [5.41, 5.74) is 0.252. The largest absolute Gasteiger partial charge is 0.369 e. The number of rotatable bonds is 6. The maximum absolute atomic E-state index is 12.8. The second-order valence-corrected chi connectivity index (χ2v) is 9.09. The molecule has 5 rings (SSSR count). The van der Waals surface area contributed by atoms with Crippen LogP contribution in [0, 0.1) is 17.8 Å². The van der Waals surface area contributed by atoms with Gasteiger partial charge in [-0.05, 0) is 31.7 Å². The number of carbonyl (C=O) groups is 2. The van der Waals surface area contributed by atoms with E-state index in [-0.39, 0.29) is 35.0 Å². The summed E-state index contributed by atoms with van der Waals surface area (Å²) in [4.78, 5) is 38.1. The summed E-state index contributed by atoms with van der Waals surface area (Å²) in [5.74, 6) is 1.09. The first kappa shape index (κ1) is 18.8. The van der Waals surface area contributed by atoms with Gasteiger partial charge in [0.05, 0.1) is 23.9 Å². The van der Waals surface area contributed by atoms with Gasteiger partial charge in [-0.3, -0.25) is 14.4 Å². The van der Waals surface area contributed by atoms with Crippen LogP contribution in [0.25, 0.3) is 0 Å². The molecule has 1 aliphatic carbocycles. The topological polar surface area (TPSA) is 104 Å². The van der Waals surface area contributed by atoms with E-state index in [4.69, 9.17) is 4.74 Å². The number of aryl methyl sites for hydroxylation is 1. The zero-order valence-corrected chi connectivity index (χ0v) is 16.6. The minimum absolute atomic E-state index is 0.103. The Balaban J connectivity index is 1.18. The summed E-state index contributed by atoms with van der Waals surface area (Å²) < 4.78 is 6.39. The molecule has 2 bridgehead atoms. The molecule has 3 saturated heterocycles. The number of aromatic nitrogens is 2. The third kappa shape index (κ3) is 3.37. The summed E-state index contributed by atoms with van der Waals surface area (Å²) >= 11 is 0. The lowest BCUT2D eigenvalue weighted by molar-refractivity contribution is -0.132. The van der Waals surface area contributed by atoms with E-state index < -0.39 is 0 Å². The van der Waals surface area contributed by atoms with Gasteiger partial charge in [-0.25, -0.2) is 5.10 Å². The number of H-pyrrole nitrogens is 1. The number of likely N-dealkylation sites (tertiary alicyclic amines) is 1. The van der Waals surface area contributed by atoms with Crippen molar-refractivity contribution in [3.05, 3.63) is 28.2 Å². The van der Waals surface area contributed by atoms with Gasteiger partial charge in [0.1, 0.15) is 0 Å². The van der Waals surface area contributed by atoms with E-state index in [1.165, 1.54) is 6.07 Å². The van der Waals surface area contributed by atoms with Crippen LogP contribution in [0.2, 0.25) is 0 Å². The Morgan fingerprint density at radius 3 is 2.90 bits per heavy atom. The fourth-order valence-electron chi connectivity index (χ4n) is 5.59. The fraction of sp³-hybridized carbons (Fsp3) is 0.714. The molecular formula is C21H28N4O4. The monoisotopic (exact) mass is 400 g/mol. The smallest absolute Gasteiger partial charge is 0.264 e. The van der Waals surface area contributed by atoms with Crippen molar-refractivity contribution in [3.8, 4) is 0 Å². The number of carbonyl (C=O) groups excluding carboxylic acids is 2. The Hall–Kier alpha value is -2.22. The molecule has 4 fully saturated rings. The highest BCUT2D eigenvalue weighted by Crippen LogP contribution is 2.54. The lowest BCUT2D eigenvalue weighted by Crippen LogP contribution is -2.44. The number of hydrogen-bond acceptors (Lipinski definition) is 5. The van der Waals surface area contributed by atoms with Gasteiger partial charge in [0.25, 0.3) is 5.56 Å². The lowest BCUT2D eigenvalue weighted by atomic mass is 9.73. The van der Waals surface area contributed by atoms with Crippen LogP contribution in [-0.4, -0.2) is 58.3 Å². The third-order valence-corrected chi connectivity index (χ3v) is 7.46. The zero-order chi connectivity index (χ0) is 20.0. The van der Waals surface area contributed by atoms with E-state index in [9.17, 15) is 14.4 Å². The number of hydrogen-bond donors (Lipinski definition) is 2. The number of amides is 2. The Kier molecular flexibility index (Phi) is 4.69. The predicted molar refractivity (Wildman–Crippen MR) is 104 cm³/mol. The molecule has 4 aliphatic rings. The Labute approximate surface area is 169 Å². The SMILES string of the molecule is O=C(NC[C@H]1[C@H]2CN(C(=O)CCc3ccc(=O)[nH]n3)C[C@]23CC[C@H]1O3)C1CCC1. The normalized spacial score (nSPS) is 32.8. The molecule has 1 aromatic heterocycles. The summed E-state index contributed by atoms with van der Waals surface area (Å²) in [5, 5.41) is 9.54. The van der Waals surface area contributed by atoms with Crippen molar-refractivity contribution in [2.45, 2.75) is 56.7 Å². The van der Waals surface area contributed by atoms with E-state index in [2.05, 4.69) is 15.5 Å². The van der Waals surface area contributed by atoms with Gasteiger partial charge < -0.3 is 15.0 Å². The highest BCUT2D eigenvalue weighted by atomic mass is 16.5. The highest BCUT2D eigenvalue weighted by Gasteiger charge is 2.63. The molecule has 4 atom stereocenters. The Morgan fingerprint density at radius 2 is 2.17 bits per heavy atom. The highest BCUT2D eigenvalue weighted by molar-refractivity contribution is 5.79. The van der Waals surface area contributed by atoms with E-state index in [1.807, 2.05) is 4.90 Å². The van der Waals surface area contributed by atoms with Gasteiger partial charge in [0.15, 0.2) is 0 Å². The molecule has 0 aromatic carbocycles. The number of aromatic amines is 1. The van der Waals surface area contributed by atoms with Gasteiger partial charge >= 0.3 is 0 Å². The molecule has 1 saturated carbocycles. The third-order valence-electron chi connectivity index (χ3n) is 7.46. The number of nitrogens with zero attached hydrogens (tertiary/aromatic N) is 2. The number of nitrogens with one attached hydrogen (secondary N) is 2. The molecule has 0 radical (unpaired) electrons. The average molecular weight is 400 g/mol. The molecule has 1 aromatic rings. The van der Waals surface area contributed by atoms with E-state index in [0.29, 0.717) is 50.0 Å². The molecule has 29 heavy (non-hydrogen) atoms. The molecule has 156 valence electrons. The lowest BCUT2D eigenvalue weighted by Gasteiger charge is -2.30. The van der Waals surface area contributed by atoms with Crippen LogP contribution in [0.4, 0.5) is 0 Å². The van der Waals surface area contributed by atoms with Crippen LogP contribution in [0.15, 0.2) is 16.9 Å². The van der Waals surface area contributed by atoms with Gasteiger partial charge in [0, 0.05) is 49.8 Å². The van der Waals surface area contributed by atoms with Crippen LogP contribution in [-0.2, 0) is 20.7 Å². The molecule has 2 N–H and O–H groups in total. The second kappa shape index (κ2) is 7.23. The second-order valence-electron chi connectivity index (χ2n) is 9.09. The van der Waals surface area contributed by atoms with Crippen molar-refractivity contribution in [1.29, 1.82) is 0 Å². The molecule has 2 amide bonds. The Bertz CT molecular complexity index is 846. The zero-order valence-electron chi connectivity index (χ0n) is 16.6. The molecule has 4 heterocycles. The van der Waals surface area contributed by atoms with Crippen LogP contribution >= 0.6 is 0 Å². The Morgan fingerprint density at radius 1 is 1.31 bits per heavy atom. The van der Waals surface area contributed by atoms with E-state index in [1.54, 1.807) is 6.07 Å². The molecule has 8 nitrogen and oxygen atoms in total. The first-order valence-electron chi connectivity index (χ1n) is 10.8. The minimum Gasteiger partial charge on any atom is -0.369 e. The van der Waals surface area contributed by atoms with Crippen LogP contribution in [0.3, 0.4) is 0 Å². The first-order valence-corrected chi connectivity index (χ1v) is 10.8. The van der Waals surface area contributed by atoms with Crippen LogP contribution in [0.1, 0.15) is 44.2 Å². The molecule has 3 aliphatic heterocycles. The van der Waals surface area contributed by atoms with Crippen LogP contribution < -0.4 is 10.9 Å². The quantitative estimate of drug-likeness (QED) is 0.729. The van der Waals surface area contributed by atoms with Crippen molar-refractivity contribution < 1.29 is 14.3 Å². The van der Waals surface area contributed by atoms with Gasteiger partial charge in [-0.1, -0.05) is 6.42 Å². The van der Waals surface area contributed by atoms with Gasteiger partial charge in [-0.2, -0.15) is 5.10 Å². The summed E-state index contributed by atoms with van der Waals surface area (Å²) in [6.45, 7) is 2.02. The number of fused-ring (bicyclic) bond motifs is 1. The molecule has 1 spiro atoms. The summed E-state index contributed by atoms with van der Waals surface area (Å²) in [7, 11) is 0. The predicted octanol–water partition coefficient (Wildman–Crippen LogP) is 0.625. The van der Waals surface area contributed by atoms with Crippen molar-refractivity contribution in [2.24, 2.45) is 17.8 Å². The van der Waals surface area contributed by atoms with Crippen molar-refractivity contribution in [3.63, 3.8) is 0 Å². The van der Waals surface area contributed by atoms with Crippen LogP contribution in [0.5, 0.6) is 0 Å². The maximum Gasteiger partial charge on any atom is 0.264 e. The molecule has 8 heteroatoms. The minimum atomic E-state index is -0.241. The number of ether oxygens (including phenoxy) is 1. The summed E-state index contributed by atoms with van der Waals surface area (Å²) in [6.07, 6.45) is 6.29. The summed E-state index contributed by atoms with van der Waals surface area (Å²) in [6, 6.07) is 3.09. The maximum atomic E-state index is 12.8. The molecule has 0 unspecified atom stereocenters. The average Bonchev–Trinajstić information content (AvgIpc) is 3.32.